The number of hydrogen-bond acceptors (Lipinski definition) is 2. The number of nitrogens with one attached hydrogen (secondary N) is 2. The maximum absolute atomic E-state index is 4.20. The molecule has 0 radical (unpaired) electrons. The lowest BCUT2D eigenvalue weighted by Crippen LogP contribution is -2.24. The second-order valence-electron chi connectivity index (χ2n) is 5.94. The number of benzene rings is 1. The van der Waals surface area contributed by atoms with Gasteiger partial charge in [-0.2, -0.15) is 5.10 Å². The van der Waals surface area contributed by atoms with Crippen LogP contribution in [0.25, 0.3) is 11.3 Å². The minimum absolute atomic E-state index is 0.849. The zero-order valence-corrected chi connectivity index (χ0v) is 12.1. The maximum atomic E-state index is 4.20. The Morgan fingerprint density at radius 3 is 2.85 bits per heavy atom. The predicted molar refractivity (Wildman–Crippen MR) is 82.2 cm³/mol. The number of nitrogens with zero attached hydrogens (tertiary/aromatic N) is 1. The minimum Gasteiger partial charge on any atom is -0.312 e. The number of hydrogen-bond donors (Lipinski definition) is 2. The molecule has 1 aliphatic rings. The molecule has 1 saturated carbocycles. The van der Waals surface area contributed by atoms with Crippen LogP contribution in [0.2, 0.25) is 0 Å². The van der Waals surface area contributed by atoms with Gasteiger partial charge >= 0.3 is 0 Å². The van der Waals surface area contributed by atoms with E-state index in [0.29, 0.717) is 0 Å². The molecule has 2 N–H and O–H groups in total. The van der Waals surface area contributed by atoms with E-state index >= 15 is 0 Å². The van der Waals surface area contributed by atoms with Crippen molar-refractivity contribution in [1.29, 1.82) is 0 Å². The van der Waals surface area contributed by atoms with Crippen LogP contribution < -0.4 is 5.32 Å². The zero-order chi connectivity index (χ0) is 13.8. The molecule has 2 atom stereocenters. The summed E-state index contributed by atoms with van der Waals surface area (Å²) in [5.41, 5.74) is 3.59. The molecule has 3 heteroatoms. The van der Waals surface area contributed by atoms with Crippen molar-refractivity contribution in [2.24, 2.45) is 11.8 Å². The molecule has 2 unspecified atom stereocenters. The van der Waals surface area contributed by atoms with Gasteiger partial charge < -0.3 is 5.32 Å². The van der Waals surface area contributed by atoms with Crippen LogP contribution in [0.5, 0.6) is 0 Å². The van der Waals surface area contributed by atoms with Crippen molar-refractivity contribution in [3.8, 4) is 11.3 Å². The van der Waals surface area contributed by atoms with Crippen molar-refractivity contribution in [1.82, 2.24) is 15.5 Å². The first-order valence-corrected chi connectivity index (χ1v) is 7.63. The molecule has 1 aliphatic carbocycles. The highest BCUT2D eigenvalue weighted by Gasteiger charge is 2.22. The Morgan fingerprint density at radius 2 is 2.10 bits per heavy atom. The van der Waals surface area contributed by atoms with Crippen LogP contribution in [0.1, 0.15) is 31.7 Å². The summed E-state index contributed by atoms with van der Waals surface area (Å²) in [6, 6.07) is 10.4. The average Bonchev–Trinajstić information content (AvgIpc) is 3.10. The first-order chi connectivity index (χ1) is 9.84. The second kappa shape index (κ2) is 6.23. The highest BCUT2D eigenvalue weighted by molar-refractivity contribution is 5.62. The van der Waals surface area contributed by atoms with Gasteiger partial charge in [0.15, 0.2) is 0 Å². The predicted octanol–water partition coefficient (Wildman–Crippen LogP) is 3.60. The van der Waals surface area contributed by atoms with Crippen LogP contribution >= 0.6 is 0 Å². The summed E-state index contributed by atoms with van der Waals surface area (Å²) in [6.45, 7) is 4.40. The quantitative estimate of drug-likeness (QED) is 0.870. The van der Waals surface area contributed by atoms with Crippen LogP contribution in [0, 0.1) is 11.8 Å². The van der Waals surface area contributed by atoms with Gasteiger partial charge in [-0.25, -0.2) is 0 Å². The van der Waals surface area contributed by atoms with Gasteiger partial charge in [-0.15, -0.1) is 0 Å². The van der Waals surface area contributed by atoms with Gasteiger partial charge in [0.25, 0.3) is 0 Å². The molecule has 3 rings (SSSR count). The first kappa shape index (κ1) is 13.4. The summed E-state index contributed by atoms with van der Waals surface area (Å²) in [5, 5.41) is 10.9. The number of aromatic amines is 1. The van der Waals surface area contributed by atoms with Gasteiger partial charge in [-0.05, 0) is 30.4 Å². The van der Waals surface area contributed by atoms with Crippen molar-refractivity contribution in [3.63, 3.8) is 0 Å². The topological polar surface area (TPSA) is 40.7 Å². The smallest absolute Gasteiger partial charge is 0.0695 e. The molecule has 20 heavy (non-hydrogen) atoms. The van der Waals surface area contributed by atoms with E-state index in [0.717, 1.165) is 30.6 Å². The van der Waals surface area contributed by atoms with Gasteiger partial charge in [-0.1, -0.05) is 50.1 Å². The van der Waals surface area contributed by atoms with Crippen LogP contribution in [0.4, 0.5) is 0 Å². The van der Waals surface area contributed by atoms with Crippen molar-refractivity contribution in [3.05, 3.63) is 42.1 Å². The number of aromatic nitrogens is 2. The Bertz CT molecular complexity index is 532. The van der Waals surface area contributed by atoms with Gasteiger partial charge in [0, 0.05) is 12.1 Å². The van der Waals surface area contributed by atoms with E-state index in [4.69, 9.17) is 0 Å². The van der Waals surface area contributed by atoms with Crippen molar-refractivity contribution in [2.75, 3.05) is 6.54 Å². The monoisotopic (exact) mass is 269 g/mol. The third-order valence-electron chi connectivity index (χ3n) is 4.54. The zero-order valence-electron chi connectivity index (χ0n) is 12.1. The second-order valence-corrected chi connectivity index (χ2v) is 5.94. The summed E-state index contributed by atoms with van der Waals surface area (Å²) < 4.78 is 0. The molecule has 1 aromatic heterocycles. The van der Waals surface area contributed by atoms with Crippen LogP contribution in [0.15, 0.2) is 36.5 Å². The molecule has 2 aromatic rings. The van der Waals surface area contributed by atoms with Gasteiger partial charge in [0.1, 0.15) is 0 Å². The van der Waals surface area contributed by atoms with E-state index in [1.54, 1.807) is 0 Å². The largest absolute Gasteiger partial charge is 0.312 e. The lowest BCUT2D eigenvalue weighted by molar-refractivity contribution is 0.392. The Balaban J connectivity index is 1.60. The molecule has 0 amide bonds. The maximum Gasteiger partial charge on any atom is 0.0695 e. The highest BCUT2D eigenvalue weighted by atomic mass is 15.1. The average molecular weight is 269 g/mol. The van der Waals surface area contributed by atoms with E-state index in [2.05, 4.69) is 46.7 Å². The minimum atomic E-state index is 0.849. The number of rotatable bonds is 5. The van der Waals surface area contributed by atoms with E-state index in [1.807, 2.05) is 12.3 Å². The molecular formula is C17H23N3. The van der Waals surface area contributed by atoms with E-state index in [9.17, 15) is 0 Å². The van der Waals surface area contributed by atoms with E-state index < -0.39 is 0 Å². The Labute approximate surface area is 120 Å². The lowest BCUT2D eigenvalue weighted by atomic mass is 9.98. The molecule has 0 bridgehead atoms. The Morgan fingerprint density at radius 1 is 1.25 bits per heavy atom. The summed E-state index contributed by atoms with van der Waals surface area (Å²) in [7, 11) is 0. The van der Waals surface area contributed by atoms with Crippen molar-refractivity contribution >= 4 is 0 Å². The highest BCUT2D eigenvalue weighted by Crippen LogP contribution is 2.30. The normalized spacial score (nSPS) is 22.2. The molecule has 0 spiro atoms. The molecule has 0 saturated heterocycles. The Hall–Kier alpha value is -1.61. The summed E-state index contributed by atoms with van der Waals surface area (Å²) >= 11 is 0. The third-order valence-corrected chi connectivity index (χ3v) is 4.54. The first-order valence-electron chi connectivity index (χ1n) is 7.63. The third kappa shape index (κ3) is 2.93. The van der Waals surface area contributed by atoms with Crippen molar-refractivity contribution < 1.29 is 0 Å². The lowest BCUT2D eigenvalue weighted by Gasteiger charge is -2.15. The molecule has 0 aliphatic heterocycles. The molecule has 106 valence electrons. The fourth-order valence-corrected chi connectivity index (χ4v) is 3.22. The summed E-state index contributed by atoms with van der Waals surface area (Å²) in [5.74, 6) is 1.72. The SMILES string of the molecule is CC1CCCC1CNCc1cn[nH]c1-c1ccccc1. The summed E-state index contributed by atoms with van der Waals surface area (Å²) in [6.07, 6.45) is 6.11. The fraction of sp³-hybridized carbons (Fsp3) is 0.471. The van der Waals surface area contributed by atoms with Gasteiger partial charge in [-0.3, -0.25) is 5.10 Å². The van der Waals surface area contributed by atoms with Crippen LogP contribution in [-0.2, 0) is 6.54 Å². The molecule has 1 aromatic carbocycles. The van der Waals surface area contributed by atoms with Crippen LogP contribution in [-0.4, -0.2) is 16.7 Å². The fourth-order valence-electron chi connectivity index (χ4n) is 3.22. The number of H-pyrrole nitrogens is 1. The van der Waals surface area contributed by atoms with Gasteiger partial charge in [0.05, 0.1) is 11.9 Å². The van der Waals surface area contributed by atoms with Crippen LogP contribution in [0.3, 0.4) is 0 Å². The van der Waals surface area contributed by atoms with E-state index in [-0.39, 0.29) is 0 Å². The van der Waals surface area contributed by atoms with E-state index in [1.165, 1.54) is 30.4 Å². The molecule has 1 fully saturated rings. The molecule has 1 heterocycles. The molecule has 3 nitrogen and oxygen atoms in total. The standard InChI is InChI=1S/C17H23N3/c1-13-6-5-9-15(13)10-18-11-16-12-19-20-17(16)14-7-3-2-4-8-14/h2-4,7-8,12-13,15,18H,5-6,9-11H2,1H3,(H,19,20). The summed E-state index contributed by atoms with van der Waals surface area (Å²) in [4.78, 5) is 0. The van der Waals surface area contributed by atoms with Crippen molar-refractivity contribution in [2.45, 2.75) is 32.7 Å². The molecular weight excluding hydrogens is 246 g/mol. The Kier molecular flexibility index (Phi) is 4.16. The van der Waals surface area contributed by atoms with Gasteiger partial charge in [0.2, 0.25) is 0 Å².